The normalized spacial score (nSPS) is 24.2. The minimum atomic E-state index is -0.255. The third-order valence-corrected chi connectivity index (χ3v) is 5.02. The number of nitrogens with zero attached hydrogens (tertiary/aromatic N) is 2. The van der Waals surface area contributed by atoms with Crippen LogP contribution in [0.5, 0.6) is 0 Å². The molecule has 0 spiro atoms. The first-order valence-electron chi connectivity index (χ1n) is 8.43. The molecule has 25 heavy (non-hydrogen) atoms. The van der Waals surface area contributed by atoms with Crippen molar-refractivity contribution in [3.63, 3.8) is 0 Å². The van der Waals surface area contributed by atoms with Crippen LogP contribution in [0.2, 0.25) is 0 Å². The summed E-state index contributed by atoms with van der Waals surface area (Å²) in [6, 6.07) is 19.5. The molecule has 1 unspecified atom stereocenters. The standard InChI is InChI=1S/C20H20N2O3/c1-25-19(23)16-17-18(16)22(13-15-10-6-3-7-11-15)20(24)21(17)12-14-8-4-2-5-9-14/h2-11,16-18H,12-13H2,1H3/t16?,17-,18+. The van der Waals surface area contributed by atoms with Crippen molar-refractivity contribution >= 4 is 12.0 Å². The van der Waals surface area contributed by atoms with E-state index in [1.165, 1.54) is 7.11 Å². The molecule has 5 heteroatoms. The van der Waals surface area contributed by atoms with Crippen molar-refractivity contribution in [2.24, 2.45) is 5.92 Å². The van der Waals surface area contributed by atoms with Gasteiger partial charge in [-0.05, 0) is 11.1 Å². The first-order valence-corrected chi connectivity index (χ1v) is 8.43. The van der Waals surface area contributed by atoms with Crippen molar-refractivity contribution in [1.82, 2.24) is 9.80 Å². The van der Waals surface area contributed by atoms with E-state index < -0.39 is 0 Å². The fraction of sp³-hybridized carbons (Fsp3) is 0.300. The van der Waals surface area contributed by atoms with Crippen molar-refractivity contribution in [1.29, 1.82) is 0 Å². The molecule has 2 aromatic rings. The summed E-state index contributed by atoms with van der Waals surface area (Å²) >= 11 is 0. The van der Waals surface area contributed by atoms with Crippen LogP contribution in [0.3, 0.4) is 0 Å². The van der Waals surface area contributed by atoms with Gasteiger partial charge in [0.25, 0.3) is 0 Å². The van der Waals surface area contributed by atoms with E-state index in [4.69, 9.17) is 4.74 Å². The SMILES string of the molecule is COC(=O)C1[C@@H]2[C@H]1N(Cc1ccccc1)C(=O)N2Cc1ccccc1. The van der Waals surface area contributed by atoms with E-state index in [0.717, 1.165) is 11.1 Å². The largest absolute Gasteiger partial charge is 0.469 e. The van der Waals surface area contributed by atoms with Crippen LogP contribution in [0.1, 0.15) is 11.1 Å². The molecule has 0 N–H and O–H groups in total. The number of hydrogen-bond acceptors (Lipinski definition) is 3. The molecule has 2 amide bonds. The average Bonchev–Trinajstić information content (AvgIpc) is 3.33. The lowest BCUT2D eigenvalue weighted by atomic mass is 10.2. The Morgan fingerprint density at radius 3 is 1.72 bits per heavy atom. The van der Waals surface area contributed by atoms with Crippen LogP contribution < -0.4 is 0 Å². The van der Waals surface area contributed by atoms with Crippen LogP contribution in [0.15, 0.2) is 60.7 Å². The van der Waals surface area contributed by atoms with Gasteiger partial charge in [0.2, 0.25) is 0 Å². The number of urea groups is 1. The molecule has 1 heterocycles. The molecule has 4 rings (SSSR count). The number of fused-ring (bicyclic) bond motifs is 1. The molecule has 2 aromatic carbocycles. The van der Waals surface area contributed by atoms with Crippen LogP contribution in [-0.4, -0.2) is 41.0 Å². The lowest BCUT2D eigenvalue weighted by Crippen LogP contribution is -2.40. The Balaban J connectivity index is 1.58. The highest BCUT2D eigenvalue weighted by molar-refractivity contribution is 5.88. The summed E-state index contributed by atoms with van der Waals surface area (Å²) in [5.74, 6) is -0.492. The molecule has 3 atom stereocenters. The number of benzene rings is 2. The van der Waals surface area contributed by atoms with Gasteiger partial charge in [-0.15, -0.1) is 0 Å². The Hall–Kier alpha value is -2.82. The lowest BCUT2D eigenvalue weighted by Gasteiger charge is -2.25. The number of esters is 1. The number of methoxy groups -OCH3 is 1. The second kappa shape index (κ2) is 6.24. The molecular formula is C20H20N2O3. The van der Waals surface area contributed by atoms with Gasteiger partial charge in [-0.2, -0.15) is 0 Å². The van der Waals surface area contributed by atoms with E-state index in [-0.39, 0.29) is 30.0 Å². The predicted octanol–water partition coefficient (Wildman–Crippen LogP) is 2.66. The molecule has 1 aliphatic heterocycles. The summed E-state index contributed by atoms with van der Waals surface area (Å²) in [4.78, 5) is 28.6. The van der Waals surface area contributed by atoms with E-state index in [2.05, 4.69) is 0 Å². The summed E-state index contributed by atoms with van der Waals surface area (Å²) < 4.78 is 4.94. The maximum atomic E-state index is 12.9. The van der Waals surface area contributed by atoms with Crippen LogP contribution in [-0.2, 0) is 22.6 Å². The summed E-state index contributed by atoms with van der Waals surface area (Å²) in [5.41, 5.74) is 2.12. The van der Waals surface area contributed by atoms with Gasteiger partial charge in [0, 0.05) is 13.1 Å². The fourth-order valence-electron chi connectivity index (χ4n) is 3.78. The summed E-state index contributed by atoms with van der Waals surface area (Å²) in [5, 5.41) is 0. The van der Waals surface area contributed by atoms with Gasteiger partial charge in [0.15, 0.2) is 0 Å². The Morgan fingerprint density at radius 2 is 1.32 bits per heavy atom. The number of amides is 2. The zero-order valence-electron chi connectivity index (χ0n) is 14.0. The highest BCUT2D eigenvalue weighted by atomic mass is 16.5. The second-order valence-electron chi connectivity index (χ2n) is 6.54. The molecule has 1 saturated heterocycles. The minimum Gasteiger partial charge on any atom is -0.469 e. The number of hydrogen-bond donors (Lipinski definition) is 0. The number of ether oxygens (including phenoxy) is 1. The van der Waals surface area contributed by atoms with Crippen molar-refractivity contribution < 1.29 is 14.3 Å². The molecule has 1 saturated carbocycles. The third kappa shape index (κ3) is 2.76. The quantitative estimate of drug-likeness (QED) is 0.789. The van der Waals surface area contributed by atoms with Crippen molar-refractivity contribution in [2.45, 2.75) is 25.2 Å². The summed E-state index contributed by atoms with van der Waals surface area (Å²) in [7, 11) is 1.40. The van der Waals surface area contributed by atoms with Gasteiger partial charge in [-0.3, -0.25) is 4.79 Å². The zero-order chi connectivity index (χ0) is 17.4. The average molecular weight is 336 g/mol. The second-order valence-corrected chi connectivity index (χ2v) is 6.54. The van der Waals surface area contributed by atoms with Crippen LogP contribution in [0.4, 0.5) is 4.79 Å². The van der Waals surface area contributed by atoms with Gasteiger partial charge in [-0.1, -0.05) is 60.7 Å². The monoisotopic (exact) mass is 336 g/mol. The van der Waals surface area contributed by atoms with Crippen molar-refractivity contribution in [2.75, 3.05) is 7.11 Å². The van der Waals surface area contributed by atoms with Crippen LogP contribution in [0, 0.1) is 5.92 Å². The summed E-state index contributed by atoms with van der Waals surface area (Å²) in [6.07, 6.45) is 0. The fourth-order valence-corrected chi connectivity index (χ4v) is 3.78. The molecule has 0 radical (unpaired) electrons. The Kier molecular flexibility index (Phi) is 3.92. The molecule has 1 aliphatic carbocycles. The topological polar surface area (TPSA) is 49.9 Å². The smallest absolute Gasteiger partial charge is 0.321 e. The van der Waals surface area contributed by atoms with Crippen molar-refractivity contribution in [3.8, 4) is 0 Å². The zero-order valence-corrected chi connectivity index (χ0v) is 14.0. The highest BCUT2D eigenvalue weighted by Gasteiger charge is 2.68. The van der Waals surface area contributed by atoms with Gasteiger partial charge < -0.3 is 14.5 Å². The lowest BCUT2D eigenvalue weighted by molar-refractivity contribution is -0.143. The van der Waals surface area contributed by atoms with E-state index in [1.807, 2.05) is 70.5 Å². The van der Waals surface area contributed by atoms with Crippen LogP contribution in [0.25, 0.3) is 0 Å². The molecule has 128 valence electrons. The number of rotatable bonds is 5. The van der Waals surface area contributed by atoms with Crippen LogP contribution >= 0.6 is 0 Å². The van der Waals surface area contributed by atoms with Gasteiger partial charge in [0.05, 0.1) is 19.2 Å². The molecule has 0 bridgehead atoms. The van der Waals surface area contributed by atoms with E-state index in [1.54, 1.807) is 0 Å². The molecule has 2 fully saturated rings. The van der Waals surface area contributed by atoms with Gasteiger partial charge in [0.1, 0.15) is 5.92 Å². The Bertz CT molecular complexity index is 721. The van der Waals surface area contributed by atoms with E-state index >= 15 is 0 Å². The first-order chi connectivity index (χ1) is 12.2. The maximum absolute atomic E-state index is 12.9. The van der Waals surface area contributed by atoms with E-state index in [0.29, 0.717) is 13.1 Å². The Labute approximate surface area is 146 Å². The highest BCUT2D eigenvalue weighted by Crippen LogP contribution is 2.48. The molecule has 2 aliphatic rings. The van der Waals surface area contributed by atoms with E-state index in [9.17, 15) is 9.59 Å². The third-order valence-electron chi connectivity index (χ3n) is 5.02. The maximum Gasteiger partial charge on any atom is 0.321 e. The summed E-state index contributed by atoms with van der Waals surface area (Å²) in [6.45, 7) is 1.03. The number of carbonyl (C=O) groups excluding carboxylic acids is 2. The molecule has 5 nitrogen and oxygen atoms in total. The Morgan fingerprint density at radius 1 is 0.880 bits per heavy atom. The minimum absolute atomic E-state index is 0.0112. The molecule has 0 aromatic heterocycles. The molecular weight excluding hydrogens is 316 g/mol. The van der Waals surface area contributed by atoms with Crippen molar-refractivity contribution in [3.05, 3.63) is 71.8 Å². The van der Waals surface area contributed by atoms with Gasteiger partial charge in [-0.25, -0.2) is 4.79 Å². The van der Waals surface area contributed by atoms with Gasteiger partial charge >= 0.3 is 12.0 Å². The predicted molar refractivity (Wildman–Crippen MR) is 92.4 cm³/mol. The number of carbonyl (C=O) groups is 2. The first kappa shape index (κ1) is 15.7.